The maximum atomic E-state index is 12.6. The molecule has 1 aliphatic rings. The Morgan fingerprint density at radius 2 is 1.91 bits per heavy atom. The van der Waals surface area contributed by atoms with Crippen molar-refractivity contribution in [3.8, 4) is 0 Å². The molecule has 0 radical (unpaired) electrons. The van der Waals surface area contributed by atoms with Gasteiger partial charge in [0, 0.05) is 18.2 Å². The standard InChI is InChI=1S/C17H26N2O3S/c1-3-11-18-17(20)16-12-15(10-9-13(16)2)23(21,22)19-14-7-5-4-6-8-14/h9-10,12,14,19H,3-8,11H2,1-2H3,(H,18,20). The van der Waals surface area contributed by atoms with Crippen molar-refractivity contribution in [1.29, 1.82) is 0 Å². The van der Waals surface area contributed by atoms with Gasteiger partial charge in [0.05, 0.1) is 4.90 Å². The van der Waals surface area contributed by atoms with E-state index in [0.717, 1.165) is 37.7 Å². The van der Waals surface area contributed by atoms with E-state index in [1.54, 1.807) is 12.1 Å². The topological polar surface area (TPSA) is 75.3 Å². The molecule has 1 saturated carbocycles. The Morgan fingerprint density at radius 3 is 2.57 bits per heavy atom. The zero-order valence-corrected chi connectivity index (χ0v) is 14.7. The number of hydrogen-bond donors (Lipinski definition) is 2. The van der Waals surface area contributed by atoms with E-state index in [1.165, 1.54) is 12.5 Å². The van der Waals surface area contributed by atoms with E-state index in [1.807, 2.05) is 13.8 Å². The van der Waals surface area contributed by atoms with Crippen LogP contribution in [-0.4, -0.2) is 26.9 Å². The normalized spacial score (nSPS) is 16.3. The summed E-state index contributed by atoms with van der Waals surface area (Å²) in [6.07, 6.45) is 5.90. The minimum absolute atomic E-state index is 0.00687. The van der Waals surface area contributed by atoms with Crippen LogP contribution in [0.2, 0.25) is 0 Å². The molecule has 1 amide bonds. The lowest BCUT2D eigenvalue weighted by molar-refractivity contribution is 0.0953. The molecule has 1 fully saturated rings. The Labute approximate surface area is 138 Å². The van der Waals surface area contributed by atoms with Crippen molar-refractivity contribution in [2.24, 2.45) is 0 Å². The molecular weight excluding hydrogens is 312 g/mol. The summed E-state index contributed by atoms with van der Waals surface area (Å²) in [5.74, 6) is -0.223. The van der Waals surface area contributed by atoms with Gasteiger partial charge in [-0.15, -0.1) is 0 Å². The molecule has 0 atom stereocenters. The molecule has 0 aromatic heterocycles. The molecule has 128 valence electrons. The molecule has 1 aromatic carbocycles. The smallest absolute Gasteiger partial charge is 0.251 e. The fourth-order valence-electron chi connectivity index (χ4n) is 2.85. The Kier molecular flexibility index (Phi) is 6.18. The lowest BCUT2D eigenvalue weighted by Gasteiger charge is -2.22. The minimum atomic E-state index is -3.58. The third-order valence-electron chi connectivity index (χ3n) is 4.23. The summed E-state index contributed by atoms with van der Waals surface area (Å²) in [5.41, 5.74) is 1.19. The van der Waals surface area contributed by atoms with Crippen LogP contribution in [0.15, 0.2) is 23.1 Å². The van der Waals surface area contributed by atoms with Crippen LogP contribution in [0.4, 0.5) is 0 Å². The third-order valence-corrected chi connectivity index (χ3v) is 5.74. The largest absolute Gasteiger partial charge is 0.352 e. The average Bonchev–Trinajstić information content (AvgIpc) is 2.53. The van der Waals surface area contributed by atoms with Gasteiger partial charge < -0.3 is 5.32 Å². The summed E-state index contributed by atoms with van der Waals surface area (Å²) in [7, 11) is -3.58. The Hall–Kier alpha value is -1.40. The highest BCUT2D eigenvalue weighted by atomic mass is 32.2. The highest BCUT2D eigenvalue weighted by molar-refractivity contribution is 7.89. The molecule has 0 heterocycles. The van der Waals surface area contributed by atoms with E-state index in [4.69, 9.17) is 0 Å². The quantitative estimate of drug-likeness (QED) is 0.837. The molecular formula is C17H26N2O3S. The van der Waals surface area contributed by atoms with Gasteiger partial charge in [-0.05, 0) is 43.9 Å². The number of rotatable bonds is 6. The predicted octanol–water partition coefficient (Wildman–Crippen LogP) is 2.75. The summed E-state index contributed by atoms with van der Waals surface area (Å²) in [4.78, 5) is 12.3. The summed E-state index contributed by atoms with van der Waals surface area (Å²) < 4.78 is 27.9. The molecule has 23 heavy (non-hydrogen) atoms. The van der Waals surface area contributed by atoms with Crippen LogP contribution in [-0.2, 0) is 10.0 Å². The van der Waals surface area contributed by atoms with Crippen molar-refractivity contribution in [3.63, 3.8) is 0 Å². The van der Waals surface area contributed by atoms with E-state index in [2.05, 4.69) is 10.0 Å². The van der Waals surface area contributed by atoms with E-state index in [-0.39, 0.29) is 16.8 Å². The summed E-state index contributed by atoms with van der Waals surface area (Å²) in [5, 5.41) is 2.80. The monoisotopic (exact) mass is 338 g/mol. The molecule has 0 unspecified atom stereocenters. The van der Waals surface area contributed by atoms with E-state index in [0.29, 0.717) is 12.1 Å². The van der Waals surface area contributed by atoms with Crippen molar-refractivity contribution in [2.45, 2.75) is 63.3 Å². The zero-order valence-electron chi connectivity index (χ0n) is 13.9. The fourth-order valence-corrected chi connectivity index (χ4v) is 4.19. The lowest BCUT2D eigenvalue weighted by atomic mass is 9.96. The first-order valence-electron chi connectivity index (χ1n) is 8.35. The van der Waals surface area contributed by atoms with Crippen LogP contribution < -0.4 is 10.0 Å². The first kappa shape index (κ1) is 17.9. The summed E-state index contributed by atoms with van der Waals surface area (Å²) in [6, 6.07) is 4.74. The SMILES string of the molecule is CCCNC(=O)c1cc(S(=O)(=O)NC2CCCCC2)ccc1C. The van der Waals surface area contributed by atoms with E-state index >= 15 is 0 Å². The number of amides is 1. The molecule has 5 nitrogen and oxygen atoms in total. The van der Waals surface area contributed by atoms with Crippen LogP contribution in [0.5, 0.6) is 0 Å². The first-order valence-corrected chi connectivity index (χ1v) is 9.83. The van der Waals surface area contributed by atoms with Crippen LogP contribution in [0.3, 0.4) is 0 Å². The van der Waals surface area contributed by atoms with Crippen LogP contribution in [0.25, 0.3) is 0 Å². The Bertz CT molecular complexity index is 650. The number of benzene rings is 1. The van der Waals surface area contributed by atoms with Gasteiger partial charge in [0.2, 0.25) is 10.0 Å². The van der Waals surface area contributed by atoms with Gasteiger partial charge in [-0.2, -0.15) is 0 Å². The van der Waals surface area contributed by atoms with E-state index in [9.17, 15) is 13.2 Å². The van der Waals surface area contributed by atoms with Crippen molar-refractivity contribution in [1.82, 2.24) is 10.0 Å². The van der Waals surface area contributed by atoms with E-state index < -0.39 is 10.0 Å². The van der Waals surface area contributed by atoms with Crippen LogP contribution >= 0.6 is 0 Å². The number of aryl methyl sites for hydroxylation is 1. The Balaban J connectivity index is 2.19. The number of carbonyl (C=O) groups excluding carboxylic acids is 1. The van der Waals surface area contributed by atoms with Crippen molar-refractivity contribution in [3.05, 3.63) is 29.3 Å². The number of sulfonamides is 1. The molecule has 0 aliphatic heterocycles. The van der Waals surface area contributed by atoms with Crippen molar-refractivity contribution in [2.75, 3.05) is 6.54 Å². The number of carbonyl (C=O) groups is 1. The van der Waals surface area contributed by atoms with Gasteiger partial charge in [-0.25, -0.2) is 13.1 Å². The summed E-state index contributed by atoms with van der Waals surface area (Å²) in [6.45, 7) is 4.36. The number of nitrogens with one attached hydrogen (secondary N) is 2. The highest BCUT2D eigenvalue weighted by Gasteiger charge is 2.23. The maximum absolute atomic E-state index is 12.6. The van der Waals surface area contributed by atoms with Gasteiger partial charge in [0.1, 0.15) is 0 Å². The van der Waals surface area contributed by atoms with Gasteiger partial charge in [0.15, 0.2) is 0 Å². The summed E-state index contributed by atoms with van der Waals surface area (Å²) >= 11 is 0. The average molecular weight is 338 g/mol. The molecule has 0 spiro atoms. The molecule has 1 aliphatic carbocycles. The second-order valence-electron chi connectivity index (χ2n) is 6.19. The van der Waals surface area contributed by atoms with Crippen LogP contribution in [0.1, 0.15) is 61.4 Å². The minimum Gasteiger partial charge on any atom is -0.352 e. The van der Waals surface area contributed by atoms with Crippen molar-refractivity contribution >= 4 is 15.9 Å². The highest BCUT2D eigenvalue weighted by Crippen LogP contribution is 2.21. The second kappa shape index (κ2) is 7.93. The van der Waals surface area contributed by atoms with Crippen LogP contribution in [0, 0.1) is 6.92 Å². The number of hydrogen-bond acceptors (Lipinski definition) is 3. The molecule has 0 bridgehead atoms. The first-order chi connectivity index (χ1) is 10.9. The van der Waals surface area contributed by atoms with Gasteiger partial charge in [0.25, 0.3) is 5.91 Å². The maximum Gasteiger partial charge on any atom is 0.251 e. The molecule has 6 heteroatoms. The van der Waals surface area contributed by atoms with Gasteiger partial charge in [-0.3, -0.25) is 4.79 Å². The molecule has 2 rings (SSSR count). The van der Waals surface area contributed by atoms with Crippen molar-refractivity contribution < 1.29 is 13.2 Å². The predicted molar refractivity (Wildman–Crippen MR) is 91.0 cm³/mol. The van der Waals surface area contributed by atoms with Gasteiger partial charge in [-0.1, -0.05) is 32.3 Å². The zero-order chi connectivity index (χ0) is 16.9. The Morgan fingerprint density at radius 1 is 1.22 bits per heavy atom. The molecule has 2 N–H and O–H groups in total. The third kappa shape index (κ3) is 4.78. The molecule has 0 saturated heterocycles. The van der Waals surface area contributed by atoms with Gasteiger partial charge >= 0.3 is 0 Å². The molecule has 1 aromatic rings. The second-order valence-corrected chi connectivity index (χ2v) is 7.90. The fraction of sp³-hybridized carbons (Fsp3) is 0.588. The lowest BCUT2D eigenvalue weighted by Crippen LogP contribution is -2.36.